The average Bonchev–Trinajstić information content (AvgIpc) is 2.92. The van der Waals surface area contributed by atoms with E-state index >= 15 is 0 Å². The van der Waals surface area contributed by atoms with Crippen LogP contribution in [0, 0.1) is 0 Å². The monoisotopic (exact) mass is 287 g/mol. The van der Waals surface area contributed by atoms with Crippen molar-refractivity contribution >= 4 is 12.6 Å². The lowest BCUT2D eigenvalue weighted by atomic mass is 9.78. The molecule has 3 nitrogen and oxygen atoms in total. The van der Waals surface area contributed by atoms with Crippen LogP contribution < -0.4 is 5.46 Å². The van der Waals surface area contributed by atoms with Gasteiger partial charge < -0.3 is 14.2 Å². The maximum Gasteiger partial charge on any atom is 0.494 e. The second-order valence-electron chi connectivity index (χ2n) is 7.50. The molecule has 2 aliphatic heterocycles. The zero-order valence-corrected chi connectivity index (χ0v) is 13.8. The van der Waals surface area contributed by atoms with Crippen LogP contribution >= 0.6 is 0 Å². The summed E-state index contributed by atoms with van der Waals surface area (Å²) in [7, 11) is 1.94. The number of benzene rings is 1. The van der Waals surface area contributed by atoms with Crippen molar-refractivity contribution in [3.05, 3.63) is 29.8 Å². The van der Waals surface area contributed by atoms with Gasteiger partial charge in [-0.05, 0) is 64.7 Å². The summed E-state index contributed by atoms with van der Waals surface area (Å²) in [6, 6.07) is 8.81. The predicted octanol–water partition coefficient (Wildman–Crippen LogP) is 2.40. The number of nitrogens with zero attached hydrogens (tertiary/aromatic N) is 1. The van der Waals surface area contributed by atoms with Gasteiger partial charge in [0, 0.05) is 6.54 Å². The largest absolute Gasteiger partial charge is 0.494 e. The van der Waals surface area contributed by atoms with Crippen molar-refractivity contribution in [2.24, 2.45) is 0 Å². The smallest absolute Gasteiger partial charge is 0.399 e. The normalized spacial score (nSPS) is 28.2. The summed E-state index contributed by atoms with van der Waals surface area (Å²) < 4.78 is 12.2. The van der Waals surface area contributed by atoms with Gasteiger partial charge in [0.15, 0.2) is 0 Å². The van der Waals surface area contributed by atoms with Gasteiger partial charge in [-0.25, -0.2) is 0 Å². The summed E-state index contributed by atoms with van der Waals surface area (Å²) in [6.07, 6.45) is 1.26. The molecular formula is C17H26BNO2. The molecule has 2 aliphatic rings. The van der Waals surface area contributed by atoms with Gasteiger partial charge in [-0.1, -0.05) is 24.3 Å². The van der Waals surface area contributed by atoms with E-state index in [1.165, 1.54) is 18.5 Å². The Morgan fingerprint density at radius 1 is 1.05 bits per heavy atom. The van der Waals surface area contributed by atoms with E-state index in [1.807, 2.05) is 0 Å². The molecule has 1 aromatic carbocycles. The molecule has 4 heteroatoms. The van der Waals surface area contributed by atoms with Crippen molar-refractivity contribution in [1.82, 2.24) is 4.90 Å². The molecule has 0 N–H and O–H groups in total. The maximum atomic E-state index is 6.10. The quantitative estimate of drug-likeness (QED) is 0.780. The SMILES string of the molecule is CN1CCC(c2ccc(B3OC(C)(C)C(C)(C)O3)cc2)C1. The van der Waals surface area contributed by atoms with E-state index in [2.05, 4.69) is 63.9 Å². The van der Waals surface area contributed by atoms with Gasteiger partial charge in [-0.15, -0.1) is 0 Å². The number of rotatable bonds is 2. The molecule has 1 unspecified atom stereocenters. The number of likely N-dealkylation sites (N-methyl/N-ethyl adjacent to an activating group) is 1. The Kier molecular flexibility index (Phi) is 3.67. The molecule has 0 bridgehead atoms. The highest BCUT2D eigenvalue weighted by Gasteiger charge is 2.51. The molecular weight excluding hydrogens is 261 g/mol. The molecule has 0 aliphatic carbocycles. The van der Waals surface area contributed by atoms with Crippen LogP contribution in [0.1, 0.15) is 45.6 Å². The summed E-state index contributed by atoms with van der Waals surface area (Å²) in [5, 5.41) is 0. The Hall–Kier alpha value is -0.835. The minimum Gasteiger partial charge on any atom is -0.399 e. The highest BCUT2D eigenvalue weighted by molar-refractivity contribution is 6.62. The second-order valence-corrected chi connectivity index (χ2v) is 7.50. The lowest BCUT2D eigenvalue weighted by molar-refractivity contribution is 0.00578. The summed E-state index contributed by atoms with van der Waals surface area (Å²) in [6.45, 7) is 10.7. The number of likely N-dealkylation sites (tertiary alicyclic amines) is 1. The van der Waals surface area contributed by atoms with Crippen LogP contribution in [-0.2, 0) is 9.31 Å². The minimum absolute atomic E-state index is 0.254. The number of hydrogen-bond acceptors (Lipinski definition) is 3. The zero-order valence-electron chi connectivity index (χ0n) is 13.8. The first kappa shape index (κ1) is 15.1. The molecule has 1 aromatic rings. The van der Waals surface area contributed by atoms with Gasteiger partial charge in [0.25, 0.3) is 0 Å². The Labute approximate surface area is 128 Å². The van der Waals surface area contributed by atoms with Crippen LogP contribution in [0.3, 0.4) is 0 Å². The van der Waals surface area contributed by atoms with Crippen LogP contribution in [0.4, 0.5) is 0 Å². The van der Waals surface area contributed by atoms with Gasteiger partial charge in [0.1, 0.15) is 0 Å². The van der Waals surface area contributed by atoms with Gasteiger partial charge in [-0.3, -0.25) is 0 Å². The molecule has 0 aromatic heterocycles. The second kappa shape index (κ2) is 5.11. The highest BCUT2D eigenvalue weighted by Crippen LogP contribution is 2.36. The molecule has 0 radical (unpaired) electrons. The summed E-state index contributed by atoms with van der Waals surface area (Å²) in [4.78, 5) is 2.40. The molecule has 1 atom stereocenters. The summed E-state index contributed by atoms with van der Waals surface area (Å²) in [5.74, 6) is 0.669. The van der Waals surface area contributed by atoms with Gasteiger partial charge in [-0.2, -0.15) is 0 Å². The fourth-order valence-electron chi connectivity index (χ4n) is 3.11. The van der Waals surface area contributed by atoms with E-state index in [9.17, 15) is 0 Å². The molecule has 0 spiro atoms. The van der Waals surface area contributed by atoms with E-state index in [0.717, 1.165) is 12.0 Å². The van der Waals surface area contributed by atoms with Gasteiger partial charge >= 0.3 is 7.12 Å². The van der Waals surface area contributed by atoms with Crippen molar-refractivity contribution in [3.63, 3.8) is 0 Å². The molecule has 2 fully saturated rings. The third-order valence-electron chi connectivity index (χ3n) is 5.32. The van der Waals surface area contributed by atoms with E-state index in [-0.39, 0.29) is 18.3 Å². The fourth-order valence-corrected chi connectivity index (χ4v) is 3.11. The zero-order chi connectivity index (χ0) is 15.3. The number of hydrogen-bond donors (Lipinski definition) is 0. The Morgan fingerprint density at radius 3 is 2.10 bits per heavy atom. The van der Waals surface area contributed by atoms with Crippen LogP contribution in [-0.4, -0.2) is 43.4 Å². The molecule has 0 amide bonds. The third-order valence-corrected chi connectivity index (χ3v) is 5.32. The van der Waals surface area contributed by atoms with E-state index in [1.54, 1.807) is 0 Å². The Morgan fingerprint density at radius 2 is 1.62 bits per heavy atom. The lowest BCUT2D eigenvalue weighted by Crippen LogP contribution is -2.41. The topological polar surface area (TPSA) is 21.7 Å². The van der Waals surface area contributed by atoms with Gasteiger partial charge in [0.05, 0.1) is 11.2 Å². The molecule has 2 heterocycles. The first-order chi connectivity index (χ1) is 9.78. The van der Waals surface area contributed by atoms with Crippen molar-refractivity contribution < 1.29 is 9.31 Å². The van der Waals surface area contributed by atoms with Crippen molar-refractivity contribution in [3.8, 4) is 0 Å². The first-order valence-electron chi connectivity index (χ1n) is 7.92. The summed E-state index contributed by atoms with van der Waals surface area (Å²) in [5.41, 5.74) is 2.00. The molecule has 3 rings (SSSR count). The average molecular weight is 287 g/mol. The van der Waals surface area contributed by atoms with E-state index in [4.69, 9.17) is 9.31 Å². The maximum absolute atomic E-state index is 6.10. The molecule has 21 heavy (non-hydrogen) atoms. The molecule has 0 saturated carbocycles. The van der Waals surface area contributed by atoms with Crippen molar-refractivity contribution in [2.45, 2.75) is 51.2 Å². The fraction of sp³-hybridized carbons (Fsp3) is 0.647. The Balaban J connectivity index is 1.74. The standard InChI is InChI=1S/C17H26BNO2/c1-16(2)17(3,4)21-18(20-16)15-8-6-13(7-9-15)14-10-11-19(5)12-14/h6-9,14H,10-12H2,1-5H3. The summed E-state index contributed by atoms with van der Waals surface area (Å²) >= 11 is 0. The molecule has 2 saturated heterocycles. The van der Waals surface area contributed by atoms with Crippen LogP contribution in [0.25, 0.3) is 0 Å². The van der Waals surface area contributed by atoms with Crippen molar-refractivity contribution in [2.75, 3.05) is 20.1 Å². The van der Waals surface area contributed by atoms with Crippen LogP contribution in [0.5, 0.6) is 0 Å². The van der Waals surface area contributed by atoms with E-state index < -0.39 is 0 Å². The van der Waals surface area contributed by atoms with E-state index in [0.29, 0.717) is 5.92 Å². The first-order valence-corrected chi connectivity index (χ1v) is 7.92. The predicted molar refractivity (Wildman–Crippen MR) is 87.0 cm³/mol. The van der Waals surface area contributed by atoms with Crippen LogP contribution in [0.2, 0.25) is 0 Å². The van der Waals surface area contributed by atoms with Crippen molar-refractivity contribution in [1.29, 1.82) is 0 Å². The third kappa shape index (κ3) is 2.77. The molecule has 114 valence electrons. The minimum atomic E-state index is -0.273. The Bertz CT molecular complexity index is 496. The van der Waals surface area contributed by atoms with Crippen LogP contribution in [0.15, 0.2) is 24.3 Å². The van der Waals surface area contributed by atoms with Gasteiger partial charge in [0.2, 0.25) is 0 Å². The highest BCUT2D eigenvalue weighted by atomic mass is 16.7. The lowest BCUT2D eigenvalue weighted by Gasteiger charge is -2.32.